The Bertz CT molecular complexity index is 1940. The Labute approximate surface area is 287 Å². The van der Waals surface area contributed by atoms with Crippen LogP contribution in [0.5, 0.6) is 0 Å². The SMILES string of the molecule is NC(=O)CC(N)(Cc1ccccc1F)N(C1Cc2ccccc2NC1=O)N(C(=O)CCCc1ccccc1F)[C@@H]1Cc2ncccc2NC1=O. The Morgan fingerprint density at radius 3 is 2.16 bits per heavy atom. The third-order valence-corrected chi connectivity index (χ3v) is 9.09. The van der Waals surface area contributed by atoms with Crippen molar-refractivity contribution in [2.75, 3.05) is 10.6 Å². The summed E-state index contributed by atoms with van der Waals surface area (Å²) in [5, 5.41) is 8.07. The van der Waals surface area contributed by atoms with Crippen LogP contribution in [0.4, 0.5) is 20.2 Å². The number of aromatic nitrogens is 1. The summed E-state index contributed by atoms with van der Waals surface area (Å²) in [5.74, 6) is -3.69. The highest BCUT2D eigenvalue weighted by molar-refractivity contribution is 6.01. The number of hydrazine groups is 1. The van der Waals surface area contributed by atoms with E-state index in [1.165, 1.54) is 29.3 Å². The van der Waals surface area contributed by atoms with Crippen molar-refractivity contribution in [2.45, 2.75) is 62.7 Å². The summed E-state index contributed by atoms with van der Waals surface area (Å²) in [7, 11) is 0. The number of amides is 4. The molecule has 258 valence electrons. The minimum atomic E-state index is -2.01. The van der Waals surface area contributed by atoms with Crippen LogP contribution in [0.25, 0.3) is 0 Å². The maximum absolute atomic E-state index is 15.3. The van der Waals surface area contributed by atoms with Gasteiger partial charge in [-0.05, 0) is 59.9 Å². The number of halogens is 2. The number of hydrogen-bond acceptors (Lipinski definition) is 7. The fourth-order valence-electron chi connectivity index (χ4n) is 6.80. The molecule has 13 heteroatoms. The molecule has 4 aromatic rings. The first-order chi connectivity index (χ1) is 24.0. The van der Waals surface area contributed by atoms with E-state index in [2.05, 4.69) is 15.6 Å². The number of pyridine rings is 1. The van der Waals surface area contributed by atoms with Gasteiger partial charge in [0, 0.05) is 37.6 Å². The zero-order valence-corrected chi connectivity index (χ0v) is 27.1. The molecule has 3 heterocycles. The summed E-state index contributed by atoms with van der Waals surface area (Å²) in [6.45, 7) is 0. The number of nitrogens with two attached hydrogens (primary N) is 2. The number of carbonyl (C=O) groups is 4. The van der Waals surface area contributed by atoms with Crippen molar-refractivity contribution in [1.82, 2.24) is 15.0 Å². The molecule has 0 fully saturated rings. The van der Waals surface area contributed by atoms with Gasteiger partial charge >= 0.3 is 0 Å². The molecule has 0 saturated heterocycles. The maximum atomic E-state index is 15.3. The molecule has 6 N–H and O–H groups in total. The topological polar surface area (TPSA) is 164 Å². The van der Waals surface area contributed by atoms with Gasteiger partial charge in [-0.2, -0.15) is 5.01 Å². The first-order valence-corrected chi connectivity index (χ1v) is 16.3. The number of hydrogen-bond donors (Lipinski definition) is 4. The van der Waals surface area contributed by atoms with Crippen LogP contribution in [-0.2, 0) is 44.9 Å². The lowest BCUT2D eigenvalue weighted by Gasteiger charge is -2.52. The van der Waals surface area contributed by atoms with Gasteiger partial charge in [0.15, 0.2) is 0 Å². The fraction of sp³-hybridized carbons (Fsp3) is 0.270. The molecule has 0 saturated carbocycles. The lowest BCUT2D eigenvalue weighted by atomic mass is 9.90. The van der Waals surface area contributed by atoms with Gasteiger partial charge in [0.25, 0.3) is 0 Å². The molecule has 0 aliphatic carbocycles. The third kappa shape index (κ3) is 7.24. The van der Waals surface area contributed by atoms with Crippen LogP contribution in [0, 0.1) is 11.6 Å². The molecule has 3 aromatic carbocycles. The number of carbonyl (C=O) groups excluding carboxylic acids is 4. The molecular formula is C37H37F2N7O4. The van der Waals surface area contributed by atoms with Crippen molar-refractivity contribution in [3.05, 3.63) is 125 Å². The van der Waals surface area contributed by atoms with Gasteiger partial charge in [-0.1, -0.05) is 54.6 Å². The van der Waals surface area contributed by atoms with Gasteiger partial charge in [0.05, 0.1) is 17.8 Å². The monoisotopic (exact) mass is 681 g/mol. The molecule has 6 rings (SSSR count). The lowest BCUT2D eigenvalue weighted by molar-refractivity contribution is -0.190. The normalized spacial score (nSPS) is 17.9. The van der Waals surface area contributed by atoms with E-state index in [1.54, 1.807) is 66.9 Å². The summed E-state index contributed by atoms with van der Waals surface area (Å²) in [5.41, 5.74) is 13.7. The van der Waals surface area contributed by atoms with Crippen LogP contribution >= 0.6 is 0 Å². The number of fused-ring (bicyclic) bond motifs is 2. The van der Waals surface area contributed by atoms with E-state index in [1.807, 2.05) is 0 Å². The van der Waals surface area contributed by atoms with E-state index >= 15 is 4.39 Å². The molecule has 4 amide bonds. The number of nitrogens with one attached hydrogen (secondary N) is 2. The fourth-order valence-corrected chi connectivity index (χ4v) is 6.80. The summed E-state index contributed by atoms with van der Waals surface area (Å²) < 4.78 is 29.8. The van der Waals surface area contributed by atoms with E-state index < -0.39 is 59.4 Å². The summed E-state index contributed by atoms with van der Waals surface area (Å²) in [6.07, 6.45) is 0.721. The second-order valence-corrected chi connectivity index (χ2v) is 12.6. The predicted octanol–water partition coefficient (Wildman–Crippen LogP) is 3.63. The molecule has 1 aromatic heterocycles. The minimum absolute atomic E-state index is 0.0270. The molecular weight excluding hydrogens is 644 g/mol. The van der Waals surface area contributed by atoms with Gasteiger partial charge in [-0.15, -0.1) is 0 Å². The van der Waals surface area contributed by atoms with Crippen molar-refractivity contribution in [2.24, 2.45) is 11.5 Å². The highest BCUT2D eigenvalue weighted by Crippen LogP contribution is 2.35. The first kappa shape index (κ1) is 34.3. The standard InChI is InChI=1S/C37H37F2N7O4/c38-26-13-4-1-9-23(26)12-7-17-34(48)45(31-20-30-29(44-35(31)49)16-8-18-42-30)46(32-19-24-10-3-6-15-28(24)43-36(32)50)37(41,22-33(40)47)21-25-11-2-5-14-27(25)39/h1-6,8-11,13-16,18,31-32H,7,12,17,19-22,41H2,(H2,40,47)(H,43,50)(H,44,49)/t31-,32?,37?/m1/s1. The Balaban J connectivity index is 1.49. The van der Waals surface area contributed by atoms with Gasteiger partial charge in [0.1, 0.15) is 29.4 Å². The number of primary amides is 1. The first-order valence-electron chi connectivity index (χ1n) is 16.3. The predicted molar refractivity (Wildman–Crippen MR) is 182 cm³/mol. The third-order valence-electron chi connectivity index (χ3n) is 9.09. The van der Waals surface area contributed by atoms with Crippen molar-refractivity contribution in [1.29, 1.82) is 0 Å². The van der Waals surface area contributed by atoms with Crippen molar-refractivity contribution in [3.63, 3.8) is 0 Å². The van der Waals surface area contributed by atoms with Crippen LogP contribution in [0.2, 0.25) is 0 Å². The van der Waals surface area contributed by atoms with E-state index in [4.69, 9.17) is 11.5 Å². The second-order valence-electron chi connectivity index (χ2n) is 12.6. The molecule has 2 aliphatic heterocycles. The minimum Gasteiger partial charge on any atom is -0.370 e. The zero-order chi connectivity index (χ0) is 35.4. The molecule has 3 atom stereocenters. The van der Waals surface area contributed by atoms with Gasteiger partial charge < -0.3 is 22.1 Å². The molecule has 0 spiro atoms. The van der Waals surface area contributed by atoms with Crippen LogP contribution in [0.1, 0.15) is 41.6 Å². The molecule has 0 bridgehead atoms. The van der Waals surface area contributed by atoms with Gasteiger partial charge in [0.2, 0.25) is 23.6 Å². The average Bonchev–Trinajstić information content (AvgIpc) is 3.08. The number of benzene rings is 3. The average molecular weight is 682 g/mol. The number of para-hydroxylation sites is 1. The van der Waals surface area contributed by atoms with E-state index in [-0.39, 0.29) is 44.1 Å². The van der Waals surface area contributed by atoms with Crippen LogP contribution in [-0.4, -0.2) is 56.4 Å². The van der Waals surface area contributed by atoms with Gasteiger partial charge in [-0.25, -0.2) is 8.78 Å². The number of anilines is 2. The smallest absolute Gasteiger partial charge is 0.249 e. The maximum Gasteiger partial charge on any atom is 0.249 e. The molecule has 50 heavy (non-hydrogen) atoms. The second kappa shape index (κ2) is 14.5. The highest BCUT2D eigenvalue weighted by Gasteiger charge is 2.51. The van der Waals surface area contributed by atoms with Crippen LogP contribution in [0.15, 0.2) is 91.1 Å². The van der Waals surface area contributed by atoms with Gasteiger partial charge in [-0.3, -0.25) is 29.2 Å². The quantitative estimate of drug-likeness (QED) is 0.131. The molecule has 0 radical (unpaired) electrons. The summed E-state index contributed by atoms with van der Waals surface area (Å²) in [6, 6.07) is 19.9. The Morgan fingerprint density at radius 1 is 0.820 bits per heavy atom. The Hall–Kier alpha value is -5.53. The van der Waals surface area contributed by atoms with Crippen molar-refractivity contribution >= 4 is 35.0 Å². The van der Waals surface area contributed by atoms with Crippen LogP contribution < -0.4 is 22.1 Å². The van der Waals surface area contributed by atoms with Crippen molar-refractivity contribution < 1.29 is 28.0 Å². The largest absolute Gasteiger partial charge is 0.370 e. The zero-order valence-electron chi connectivity index (χ0n) is 27.1. The van der Waals surface area contributed by atoms with E-state index in [0.717, 1.165) is 5.01 Å². The number of rotatable bonds is 12. The van der Waals surface area contributed by atoms with Crippen LogP contribution in [0.3, 0.4) is 0 Å². The number of aryl methyl sites for hydroxylation is 1. The van der Waals surface area contributed by atoms with E-state index in [0.29, 0.717) is 28.2 Å². The van der Waals surface area contributed by atoms with E-state index in [9.17, 15) is 23.6 Å². The Morgan fingerprint density at radius 2 is 1.44 bits per heavy atom. The molecule has 2 aliphatic rings. The Kier molecular flexibility index (Phi) is 9.98. The highest BCUT2D eigenvalue weighted by atomic mass is 19.1. The molecule has 11 nitrogen and oxygen atoms in total. The summed E-state index contributed by atoms with van der Waals surface area (Å²) >= 11 is 0. The summed E-state index contributed by atoms with van der Waals surface area (Å²) in [4.78, 5) is 60.0. The van der Waals surface area contributed by atoms with Crippen molar-refractivity contribution in [3.8, 4) is 0 Å². The lowest BCUT2D eigenvalue weighted by Crippen LogP contribution is -2.74. The molecule has 2 unspecified atom stereocenters. The number of nitrogens with zero attached hydrogens (tertiary/aromatic N) is 3.